The maximum absolute atomic E-state index is 12.5. The summed E-state index contributed by atoms with van der Waals surface area (Å²) in [4.78, 5) is 12.5. The zero-order chi connectivity index (χ0) is 14.7. The topological polar surface area (TPSA) is 55.1 Å². The molecule has 1 amide bonds. The van der Waals surface area contributed by atoms with Crippen LogP contribution in [0.5, 0.6) is 0 Å². The van der Waals surface area contributed by atoms with E-state index in [1.807, 2.05) is 27.7 Å². The number of carbonyl (C=O) groups excluding carboxylic acids is 1. The van der Waals surface area contributed by atoms with Crippen LogP contribution in [0.4, 0.5) is 0 Å². The predicted molar refractivity (Wildman–Crippen MR) is 80.8 cm³/mol. The Labute approximate surface area is 118 Å². The Morgan fingerprint density at radius 2 is 1.58 bits per heavy atom. The van der Waals surface area contributed by atoms with Gasteiger partial charge < -0.3 is 11.1 Å². The molecule has 1 aliphatic carbocycles. The minimum Gasteiger partial charge on any atom is -0.353 e. The number of hydrogen-bond donors (Lipinski definition) is 2. The molecule has 0 saturated heterocycles. The molecule has 0 unspecified atom stereocenters. The molecule has 3 heteroatoms. The molecule has 1 atom stereocenters. The van der Waals surface area contributed by atoms with Crippen molar-refractivity contribution in [1.82, 2.24) is 5.32 Å². The highest BCUT2D eigenvalue weighted by atomic mass is 16.2. The number of amides is 1. The number of nitrogens with one attached hydrogen (secondary N) is 1. The van der Waals surface area contributed by atoms with Gasteiger partial charge in [-0.2, -0.15) is 0 Å². The summed E-state index contributed by atoms with van der Waals surface area (Å²) in [6, 6.07) is 0.257. The smallest absolute Gasteiger partial charge is 0.227 e. The average Bonchev–Trinajstić information content (AvgIpc) is 2.55. The molecule has 0 heterocycles. The fourth-order valence-electron chi connectivity index (χ4n) is 2.61. The molecule has 1 fully saturated rings. The lowest BCUT2D eigenvalue weighted by molar-refractivity contribution is -0.133. The highest BCUT2D eigenvalue weighted by molar-refractivity contribution is 5.83. The van der Waals surface area contributed by atoms with E-state index in [9.17, 15) is 4.79 Å². The van der Waals surface area contributed by atoms with Crippen molar-refractivity contribution < 1.29 is 4.79 Å². The Kier molecular flexibility index (Phi) is 5.43. The van der Waals surface area contributed by atoms with Crippen LogP contribution >= 0.6 is 0 Å². The van der Waals surface area contributed by atoms with Crippen molar-refractivity contribution >= 4 is 5.91 Å². The zero-order valence-corrected chi connectivity index (χ0v) is 13.4. The van der Waals surface area contributed by atoms with Gasteiger partial charge in [-0.25, -0.2) is 0 Å². The number of rotatable bonds is 4. The Bertz CT molecular complexity index is 296. The number of hydrogen-bond acceptors (Lipinski definition) is 2. The first-order valence-electron chi connectivity index (χ1n) is 7.76. The van der Waals surface area contributed by atoms with Crippen LogP contribution in [-0.2, 0) is 4.79 Å². The highest BCUT2D eigenvalue weighted by Gasteiger charge is 2.41. The molecule has 1 saturated carbocycles. The molecule has 1 aliphatic rings. The van der Waals surface area contributed by atoms with Crippen molar-refractivity contribution in [3.05, 3.63) is 0 Å². The Morgan fingerprint density at radius 3 is 2.00 bits per heavy atom. The van der Waals surface area contributed by atoms with Gasteiger partial charge in [0.15, 0.2) is 0 Å². The molecule has 3 N–H and O–H groups in total. The maximum atomic E-state index is 12.5. The summed E-state index contributed by atoms with van der Waals surface area (Å²) in [5.41, 5.74) is 5.07. The second-order valence-electron chi connectivity index (χ2n) is 7.36. The van der Waals surface area contributed by atoms with E-state index >= 15 is 0 Å². The van der Waals surface area contributed by atoms with E-state index in [0.717, 1.165) is 0 Å². The second kappa shape index (κ2) is 6.25. The molecular weight excluding hydrogens is 236 g/mol. The summed E-state index contributed by atoms with van der Waals surface area (Å²) in [5, 5.41) is 3.21. The van der Waals surface area contributed by atoms with Gasteiger partial charge in [-0.3, -0.25) is 4.79 Å². The third-order valence-corrected chi connectivity index (χ3v) is 5.14. The fraction of sp³-hybridized carbons (Fsp3) is 0.938. The largest absolute Gasteiger partial charge is 0.353 e. The van der Waals surface area contributed by atoms with Crippen LogP contribution in [0, 0.1) is 11.3 Å². The number of carbonyl (C=O) groups is 1. The summed E-state index contributed by atoms with van der Waals surface area (Å²) in [5.74, 6) is 0.708. The summed E-state index contributed by atoms with van der Waals surface area (Å²) >= 11 is 0. The van der Waals surface area contributed by atoms with Crippen molar-refractivity contribution in [2.24, 2.45) is 17.1 Å². The van der Waals surface area contributed by atoms with Crippen LogP contribution in [-0.4, -0.2) is 17.5 Å². The van der Waals surface area contributed by atoms with Gasteiger partial charge >= 0.3 is 0 Å². The van der Waals surface area contributed by atoms with Gasteiger partial charge in [-0.05, 0) is 53.4 Å². The van der Waals surface area contributed by atoms with Gasteiger partial charge in [0.05, 0.1) is 5.41 Å². The van der Waals surface area contributed by atoms with E-state index in [2.05, 4.69) is 12.2 Å². The molecule has 0 spiro atoms. The molecule has 0 aromatic heterocycles. The average molecular weight is 268 g/mol. The van der Waals surface area contributed by atoms with Crippen LogP contribution in [0.2, 0.25) is 0 Å². The van der Waals surface area contributed by atoms with Crippen molar-refractivity contribution in [1.29, 1.82) is 0 Å². The van der Waals surface area contributed by atoms with Crippen molar-refractivity contribution in [2.75, 3.05) is 0 Å². The fourth-order valence-corrected chi connectivity index (χ4v) is 2.61. The molecule has 1 rings (SSSR count). The van der Waals surface area contributed by atoms with Gasteiger partial charge in [0.1, 0.15) is 0 Å². The van der Waals surface area contributed by atoms with E-state index in [1.54, 1.807) is 0 Å². The molecular formula is C16H32N2O. The lowest BCUT2D eigenvalue weighted by atomic mass is 9.74. The van der Waals surface area contributed by atoms with E-state index in [0.29, 0.717) is 5.92 Å². The summed E-state index contributed by atoms with van der Waals surface area (Å²) in [6.45, 7) is 9.85. The van der Waals surface area contributed by atoms with Gasteiger partial charge in [-0.15, -0.1) is 0 Å². The lowest BCUT2D eigenvalue weighted by Crippen LogP contribution is -2.57. The van der Waals surface area contributed by atoms with E-state index in [-0.39, 0.29) is 11.9 Å². The van der Waals surface area contributed by atoms with Crippen molar-refractivity contribution in [2.45, 2.75) is 84.7 Å². The minimum atomic E-state index is -0.550. The first-order valence-corrected chi connectivity index (χ1v) is 7.76. The minimum absolute atomic E-state index is 0.0803. The predicted octanol–water partition coefficient (Wildman–Crippen LogP) is 3.23. The zero-order valence-electron chi connectivity index (χ0n) is 13.4. The molecule has 0 aliphatic heterocycles. The van der Waals surface area contributed by atoms with Crippen molar-refractivity contribution in [3.63, 3.8) is 0 Å². The first-order chi connectivity index (χ1) is 8.66. The Morgan fingerprint density at radius 1 is 1.11 bits per heavy atom. The molecule has 0 bridgehead atoms. The van der Waals surface area contributed by atoms with Crippen LogP contribution in [0.1, 0.15) is 73.1 Å². The Hall–Kier alpha value is -0.570. The molecule has 112 valence electrons. The van der Waals surface area contributed by atoms with Crippen LogP contribution < -0.4 is 11.1 Å². The SMILES string of the molecule is C[C@H](NC(=O)C(C)(C)C(C)(C)N)C1CCCCCC1. The van der Waals surface area contributed by atoms with Gasteiger partial charge in [0.25, 0.3) is 0 Å². The maximum Gasteiger partial charge on any atom is 0.227 e. The van der Waals surface area contributed by atoms with Gasteiger partial charge in [-0.1, -0.05) is 25.7 Å². The van der Waals surface area contributed by atoms with Gasteiger partial charge in [0, 0.05) is 11.6 Å². The van der Waals surface area contributed by atoms with Crippen LogP contribution in [0.15, 0.2) is 0 Å². The normalized spacial score (nSPS) is 20.7. The highest BCUT2D eigenvalue weighted by Crippen LogP contribution is 2.30. The quantitative estimate of drug-likeness (QED) is 0.769. The van der Waals surface area contributed by atoms with Crippen LogP contribution in [0.3, 0.4) is 0 Å². The summed E-state index contributed by atoms with van der Waals surface area (Å²) < 4.78 is 0. The van der Waals surface area contributed by atoms with E-state index in [4.69, 9.17) is 5.73 Å². The molecule has 19 heavy (non-hydrogen) atoms. The van der Waals surface area contributed by atoms with Gasteiger partial charge in [0.2, 0.25) is 5.91 Å². The number of nitrogens with two attached hydrogens (primary N) is 1. The lowest BCUT2D eigenvalue weighted by Gasteiger charge is -2.38. The van der Waals surface area contributed by atoms with E-state index < -0.39 is 11.0 Å². The second-order valence-corrected chi connectivity index (χ2v) is 7.36. The molecule has 0 aromatic carbocycles. The third kappa shape index (κ3) is 4.20. The Balaban J connectivity index is 2.60. The summed E-state index contributed by atoms with van der Waals surface area (Å²) in [6.07, 6.45) is 7.78. The standard InChI is InChI=1S/C16H32N2O/c1-12(13-10-8-6-7-9-11-13)18-14(19)15(2,3)16(4,5)17/h12-13H,6-11,17H2,1-5H3,(H,18,19)/t12-/m0/s1. The third-order valence-electron chi connectivity index (χ3n) is 5.14. The monoisotopic (exact) mass is 268 g/mol. The molecule has 0 radical (unpaired) electrons. The first kappa shape index (κ1) is 16.5. The van der Waals surface area contributed by atoms with Crippen molar-refractivity contribution in [3.8, 4) is 0 Å². The summed E-state index contributed by atoms with van der Waals surface area (Å²) in [7, 11) is 0. The van der Waals surface area contributed by atoms with Crippen LogP contribution in [0.25, 0.3) is 0 Å². The van der Waals surface area contributed by atoms with E-state index in [1.165, 1.54) is 38.5 Å². The molecule has 3 nitrogen and oxygen atoms in total. The molecule has 0 aromatic rings.